The molecule has 5 nitrogen and oxygen atoms in total. The lowest BCUT2D eigenvalue weighted by Crippen LogP contribution is -2.53. The SMILES string of the molecule is CC1(F)C=c2c3c([nH]c2=CC1)[C@H](c1c(F)cc(OC2CN(CCCF)C2)cc1F)N(CC(F)(F)CO)CC3. The summed E-state index contributed by atoms with van der Waals surface area (Å²) in [5.74, 6) is -5.44. The number of benzene rings is 1. The third-order valence-corrected chi connectivity index (χ3v) is 7.47. The van der Waals surface area contributed by atoms with Gasteiger partial charge in [-0.05, 0) is 31.4 Å². The van der Waals surface area contributed by atoms with Gasteiger partial charge in [0.2, 0.25) is 0 Å². The fraction of sp³-hybridized carbons (Fsp3) is 0.556. The quantitative estimate of drug-likeness (QED) is 0.478. The zero-order chi connectivity index (χ0) is 27.2. The first kappa shape index (κ1) is 27.1. The fourth-order valence-electron chi connectivity index (χ4n) is 5.64. The second-order valence-electron chi connectivity index (χ2n) is 10.7. The van der Waals surface area contributed by atoms with Gasteiger partial charge in [0.1, 0.15) is 35.8 Å². The molecule has 1 aliphatic carbocycles. The van der Waals surface area contributed by atoms with Crippen molar-refractivity contribution < 1.29 is 36.2 Å². The van der Waals surface area contributed by atoms with Crippen LogP contribution in [-0.4, -0.2) is 83.6 Å². The van der Waals surface area contributed by atoms with Crippen LogP contribution >= 0.6 is 0 Å². The molecule has 1 aromatic heterocycles. The minimum atomic E-state index is -3.49. The van der Waals surface area contributed by atoms with Gasteiger partial charge >= 0.3 is 0 Å². The average Bonchev–Trinajstić information content (AvgIpc) is 3.17. The summed E-state index contributed by atoms with van der Waals surface area (Å²) in [6, 6.07) is 0.835. The number of fused-ring (bicyclic) bond motifs is 3. The van der Waals surface area contributed by atoms with E-state index in [0.717, 1.165) is 12.1 Å². The molecule has 38 heavy (non-hydrogen) atoms. The molecule has 3 heterocycles. The Bertz CT molecular complexity index is 1280. The molecule has 208 valence electrons. The predicted octanol–water partition coefficient (Wildman–Crippen LogP) is 2.98. The van der Waals surface area contributed by atoms with Crippen LogP contribution in [0.5, 0.6) is 5.75 Å². The summed E-state index contributed by atoms with van der Waals surface area (Å²) >= 11 is 0. The number of hydrogen-bond acceptors (Lipinski definition) is 4. The van der Waals surface area contributed by atoms with E-state index in [2.05, 4.69) is 4.98 Å². The molecule has 1 fully saturated rings. The molecule has 1 aromatic carbocycles. The molecule has 2 atom stereocenters. The maximum absolute atomic E-state index is 15.6. The molecule has 2 aromatic rings. The van der Waals surface area contributed by atoms with Gasteiger partial charge in [-0.15, -0.1) is 0 Å². The van der Waals surface area contributed by atoms with Crippen LogP contribution in [-0.2, 0) is 6.42 Å². The Hall–Kier alpha value is -2.50. The Morgan fingerprint density at radius 2 is 1.92 bits per heavy atom. The van der Waals surface area contributed by atoms with Gasteiger partial charge < -0.3 is 14.8 Å². The highest BCUT2D eigenvalue weighted by Gasteiger charge is 2.41. The number of alkyl halides is 4. The molecule has 0 saturated carbocycles. The average molecular weight is 544 g/mol. The Morgan fingerprint density at radius 3 is 2.58 bits per heavy atom. The van der Waals surface area contributed by atoms with E-state index in [1.165, 1.54) is 17.9 Å². The number of ether oxygens (including phenoxy) is 1. The van der Waals surface area contributed by atoms with Gasteiger partial charge in [-0.3, -0.25) is 14.2 Å². The van der Waals surface area contributed by atoms with E-state index in [9.17, 15) is 17.6 Å². The van der Waals surface area contributed by atoms with Crippen molar-refractivity contribution in [1.82, 2.24) is 14.8 Å². The van der Waals surface area contributed by atoms with Gasteiger partial charge in [0.15, 0.2) is 0 Å². The van der Waals surface area contributed by atoms with Gasteiger partial charge in [-0.25, -0.2) is 22.0 Å². The Balaban J connectivity index is 1.50. The van der Waals surface area contributed by atoms with Crippen molar-refractivity contribution in [2.75, 3.05) is 46.0 Å². The molecule has 11 heteroatoms. The van der Waals surface area contributed by atoms with Crippen molar-refractivity contribution in [3.05, 3.63) is 51.2 Å². The smallest absolute Gasteiger partial charge is 0.283 e. The van der Waals surface area contributed by atoms with Crippen molar-refractivity contribution in [3.63, 3.8) is 0 Å². The van der Waals surface area contributed by atoms with E-state index in [1.54, 1.807) is 6.08 Å². The van der Waals surface area contributed by atoms with Crippen molar-refractivity contribution >= 4 is 12.2 Å². The van der Waals surface area contributed by atoms with Crippen LogP contribution in [0.4, 0.5) is 26.3 Å². The summed E-state index contributed by atoms with van der Waals surface area (Å²) in [5.41, 5.74) is -1.06. The van der Waals surface area contributed by atoms with Gasteiger partial charge in [-0.2, -0.15) is 0 Å². The first-order valence-corrected chi connectivity index (χ1v) is 12.8. The first-order valence-electron chi connectivity index (χ1n) is 12.8. The van der Waals surface area contributed by atoms with Crippen LogP contribution in [0.3, 0.4) is 0 Å². The van der Waals surface area contributed by atoms with Crippen LogP contribution < -0.4 is 15.3 Å². The highest BCUT2D eigenvalue weighted by Crippen LogP contribution is 2.39. The van der Waals surface area contributed by atoms with E-state index < -0.39 is 54.7 Å². The number of aromatic amines is 1. The Morgan fingerprint density at radius 1 is 1.21 bits per heavy atom. The molecule has 5 rings (SSSR count). The number of nitrogens with one attached hydrogen (secondary N) is 1. The molecule has 0 radical (unpaired) electrons. The summed E-state index contributed by atoms with van der Waals surface area (Å²) in [6.45, 7) is 0.310. The van der Waals surface area contributed by atoms with Crippen molar-refractivity contribution in [1.29, 1.82) is 0 Å². The second kappa shape index (κ2) is 10.2. The normalized spacial score (nSPS) is 24.3. The van der Waals surface area contributed by atoms with Crippen LogP contribution in [0, 0.1) is 11.6 Å². The fourth-order valence-corrected chi connectivity index (χ4v) is 5.64. The molecule has 1 saturated heterocycles. The lowest BCUT2D eigenvalue weighted by Gasteiger charge is -2.39. The number of hydrogen-bond donors (Lipinski definition) is 2. The molecular formula is C27H31F6N3O2. The van der Waals surface area contributed by atoms with Crippen molar-refractivity contribution in [3.8, 4) is 5.75 Å². The number of rotatable bonds is 9. The molecule has 0 spiro atoms. The Kier molecular flexibility index (Phi) is 7.30. The third kappa shape index (κ3) is 5.33. The largest absolute Gasteiger partial charge is 0.488 e. The van der Waals surface area contributed by atoms with Crippen LogP contribution in [0.2, 0.25) is 0 Å². The summed E-state index contributed by atoms with van der Waals surface area (Å²) in [6.07, 6.45) is 3.61. The molecule has 2 N–H and O–H groups in total. The highest BCUT2D eigenvalue weighted by molar-refractivity contribution is 5.51. The third-order valence-electron chi connectivity index (χ3n) is 7.47. The van der Waals surface area contributed by atoms with Gasteiger partial charge in [0.25, 0.3) is 5.92 Å². The first-order chi connectivity index (χ1) is 18.0. The maximum Gasteiger partial charge on any atom is 0.283 e. The number of likely N-dealkylation sites (tertiary alicyclic amines) is 1. The highest BCUT2D eigenvalue weighted by atomic mass is 19.3. The minimum Gasteiger partial charge on any atom is -0.488 e. The van der Waals surface area contributed by atoms with E-state index in [-0.39, 0.29) is 31.2 Å². The van der Waals surface area contributed by atoms with E-state index in [0.29, 0.717) is 47.9 Å². The number of aromatic nitrogens is 1. The lowest BCUT2D eigenvalue weighted by molar-refractivity contribution is -0.0792. The maximum atomic E-state index is 15.6. The van der Waals surface area contributed by atoms with Crippen LogP contribution in [0.25, 0.3) is 12.2 Å². The molecular weight excluding hydrogens is 512 g/mol. The summed E-state index contributed by atoms with van der Waals surface area (Å²) < 4.78 is 92.6. The van der Waals surface area contributed by atoms with Crippen molar-refractivity contribution in [2.24, 2.45) is 0 Å². The van der Waals surface area contributed by atoms with Gasteiger partial charge in [0.05, 0.1) is 19.3 Å². The van der Waals surface area contributed by atoms with Gasteiger partial charge in [0, 0.05) is 66.6 Å². The van der Waals surface area contributed by atoms with Crippen LogP contribution in [0.1, 0.15) is 42.6 Å². The molecule has 0 bridgehead atoms. The van der Waals surface area contributed by atoms with Gasteiger partial charge in [-0.1, -0.05) is 6.08 Å². The molecule has 2 aliphatic heterocycles. The summed E-state index contributed by atoms with van der Waals surface area (Å²) in [5, 5.41) is 10.3. The summed E-state index contributed by atoms with van der Waals surface area (Å²) in [7, 11) is 0. The minimum absolute atomic E-state index is 0.0252. The number of nitrogens with zero attached hydrogens (tertiary/aromatic N) is 2. The molecule has 0 amide bonds. The predicted molar refractivity (Wildman–Crippen MR) is 130 cm³/mol. The van der Waals surface area contributed by atoms with E-state index in [1.807, 2.05) is 4.90 Å². The zero-order valence-corrected chi connectivity index (χ0v) is 21.1. The van der Waals surface area contributed by atoms with E-state index >= 15 is 8.78 Å². The zero-order valence-electron chi connectivity index (χ0n) is 21.1. The van der Waals surface area contributed by atoms with Crippen LogP contribution in [0.15, 0.2) is 12.1 Å². The number of H-pyrrole nitrogens is 1. The molecule has 3 aliphatic rings. The monoisotopic (exact) mass is 543 g/mol. The van der Waals surface area contributed by atoms with E-state index in [4.69, 9.17) is 9.84 Å². The standard InChI is InChI=1S/C27H31F6N3O2/c1-26(31)5-3-22-19(11-26)18-4-8-36(14-27(32,33)15-37)25(24(18)34-22)23-20(29)9-16(10-21(23)30)38-17-12-35(13-17)7-2-6-28/h3,9-11,17,25,34,37H,2,4-8,12-15H2,1H3/t25-,26?/m0/s1. The number of aliphatic hydroxyl groups is 1. The summed E-state index contributed by atoms with van der Waals surface area (Å²) in [4.78, 5) is 6.33. The lowest BCUT2D eigenvalue weighted by atomic mass is 9.90. The topological polar surface area (TPSA) is 51.7 Å². The molecule has 1 unspecified atom stereocenters. The number of aliphatic hydroxyl groups excluding tert-OH is 1. The van der Waals surface area contributed by atoms with Crippen molar-refractivity contribution in [2.45, 2.75) is 49.9 Å². The second-order valence-corrected chi connectivity index (χ2v) is 10.7. The Labute approximate surface area is 216 Å². The number of halogens is 6.